The molecule has 0 aliphatic rings. The molecule has 3 aromatic rings. The number of ether oxygens (including phenoxy) is 1. The number of hydrogen-bond acceptors (Lipinski definition) is 4. The van der Waals surface area contributed by atoms with E-state index in [2.05, 4.69) is 0 Å². The van der Waals surface area contributed by atoms with E-state index in [0.717, 1.165) is 5.56 Å². The summed E-state index contributed by atoms with van der Waals surface area (Å²) in [5.74, 6) is 0.139. The molecule has 6 nitrogen and oxygen atoms in total. The molecule has 3 aromatic carbocycles. The van der Waals surface area contributed by atoms with E-state index in [1.54, 1.807) is 45.0 Å². The van der Waals surface area contributed by atoms with Crippen LogP contribution < -0.4 is 9.04 Å². The largest absolute Gasteiger partial charge is 0.478 e. The Morgan fingerprint density at radius 2 is 1.50 bits per heavy atom. The number of nitrogens with zero attached hydrogens (tertiary/aromatic N) is 1. The molecular weight excluding hydrogens is 426 g/mol. The number of rotatable bonds is 7. The van der Waals surface area contributed by atoms with E-state index in [1.807, 2.05) is 32.0 Å². The summed E-state index contributed by atoms with van der Waals surface area (Å²) in [5, 5.41) is 9.45. The Balaban J connectivity index is 1.92. The Morgan fingerprint density at radius 1 is 0.875 bits per heavy atom. The van der Waals surface area contributed by atoms with Crippen molar-refractivity contribution in [2.24, 2.45) is 0 Å². The molecule has 0 bridgehead atoms. The van der Waals surface area contributed by atoms with Crippen molar-refractivity contribution in [3.8, 4) is 11.5 Å². The molecule has 32 heavy (non-hydrogen) atoms. The van der Waals surface area contributed by atoms with Crippen LogP contribution in [-0.4, -0.2) is 26.0 Å². The van der Waals surface area contributed by atoms with Crippen LogP contribution >= 0.6 is 0 Å². The van der Waals surface area contributed by atoms with Gasteiger partial charge in [-0.15, -0.1) is 0 Å². The Hall–Kier alpha value is -3.32. The first-order valence-electron chi connectivity index (χ1n) is 10.3. The van der Waals surface area contributed by atoms with Crippen LogP contribution in [-0.2, 0) is 10.0 Å². The molecule has 0 aromatic heterocycles. The van der Waals surface area contributed by atoms with Crippen molar-refractivity contribution in [3.63, 3.8) is 0 Å². The molecule has 0 radical (unpaired) electrons. The lowest BCUT2D eigenvalue weighted by molar-refractivity contribution is 0.0695. The van der Waals surface area contributed by atoms with Crippen molar-refractivity contribution in [1.29, 1.82) is 0 Å². The molecular formula is C25H27NO5S. The van der Waals surface area contributed by atoms with Crippen LogP contribution in [0.25, 0.3) is 0 Å². The maximum atomic E-state index is 13.3. The van der Waals surface area contributed by atoms with E-state index in [4.69, 9.17) is 4.74 Å². The fourth-order valence-corrected chi connectivity index (χ4v) is 5.00. The van der Waals surface area contributed by atoms with Gasteiger partial charge in [0.2, 0.25) is 0 Å². The second-order valence-corrected chi connectivity index (χ2v) is 9.59. The summed E-state index contributed by atoms with van der Waals surface area (Å²) in [7, 11) is -3.95. The molecule has 0 spiro atoms. The van der Waals surface area contributed by atoms with E-state index in [-0.39, 0.29) is 17.0 Å². The van der Waals surface area contributed by atoms with E-state index >= 15 is 0 Å². The number of carboxylic acids is 1. The van der Waals surface area contributed by atoms with Gasteiger partial charge < -0.3 is 9.84 Å². The van der Waals surface area contributed by atoms with Crippen molar-refractivity contribution < 1.29 is 23.1 Å². The number of aryl methyl sites for hydroxylation is 3. The van der Waals surface area contributed by atoms with Gasteiger partial charge in [-0.2, -0.15) is 0 Å². The number of hydrogen-bond donors (Lipinski definition) is 1. The van der Waals surface area contributed by atoms with Crippen LogP contribution in [0.15, 0.2) is 59.5 Å². The van der Waals surface area contributed by atoms with Crippen molar-refractivity contribution in [2.75, 3.05) is 10.8 Å². The minimum absolute atomic E-state index is 0.0169. The average Bonchev–Trinajstić information content (AvgIpc) is 2.74. The molecule has 0 aliphatic heterocycles. The van der Waals surface area contributed by atoms with Gasteiger partial charge in [0.25, 0.3) is 10.0 Å². The quantitative estimate of drug-likeness (QED) is 0.501. The van der Waals surface area contributed by atoms with Gasteiger partial charge in [0, 0.05) is 6.54 Å². The first-order chi connectivity index (χ1) is 15.0. The summed E-state index contributed by atoms with van der Waals surface area (Å²) < 4.78 is 33.8. The van der Waals surface area contributed by atoms with Gasteiger partial charge in [-0.25, -0.2) is 13.2 Å². The Bertz CT molecular complexity index is 1260. The topological polar surface area (TPSA) is 83.9 Å². The van der Waals surface area contributed by atoms with Crippen molar-refractivity contribution in [1.82, 2.24) is 0 Å². The number of benzene rings is 3. The molecule has 0 aliphatic carbocycles. The highest BCUT2D eigenvalue weighted by molar-refractivity contribution is 7.92. The molecule has 0 fully saturated rings. The van der Waals surface area contributed by atoms with E-state index in [1.165, 1.54) is 22.0 Å². The van der Waals surface area contributed by atoms with Crippen molar-refractivity contribution in [2.45, 2.75) is 39.5 Å². The predicted molar refractivity (Wildman–Crippen MR) is 126 cm³/mol. The molecule has 168 valence electrons. The third-order valence-electron chi connectivity index (χ3n) is 5.59. The van der Waals surface area contributed by atoms with E-state index < -0.39 is 16.0 Å². The molecule has 1 N–H and O–H groups in total. The van der Waals surface area contributed by atoms with Gasteiger partial charge in [-0.3, -0.25) is 4.31 Å². The second-order valence-electron chi connectivity index (χ2n) is 7.73. The molecule has 0 amide bonds. The van der Waals surface area contributed by atoms with Crippen LogP contribution in [0.1, 0.15) is 39.5 Å². The Kier molecular flexibility index (Phi) is 6.60. The molecule has 0 unspecified atom stereocenters. The van der Waals surface area contributed by atoms with Gasteiger partial charge in [-0.05, 0) is 105 Å². The third-order valence-corrected chi connectivity index (χ3v) is 7.47. The number of carbonyl (C=O) groups is 1. The van der Waals surface area contributed by atoms with Crippen LogP contribution in [0.3, 0.4) is 0 Å². The standard InChI is InChI=1S/C25H27NO5S/c1-6-26(32(29,30)23-14-18(4)19(5)24(15-23)25(27)28)20-8-11-21(12-9-20)31-22-10-7-16(2)17(3)13-22/h7-15H,6H2,1-5H3,(H,27,28). The lowest BCUT2D eigenvalue weighted by Gasteiger charge is -2.24. The zero-order chi connectivity index (χ0) is 23.6. The zero-order valence-electron chi connectivity index (χ0n) is 18.8. The third kappa shape index (κ3) is 4.62. The van der Waals surface area contributed by atoms with Crippen LogP contribution in [0.5, 0.6) is 11.5 Å². The number of aromatic carboxylic acids is 1. The average molecular weight is 454 g/mol. The highest BCUT2D eigenvalue weighted by Crippen LogP contribution is 2.30. The maximum Gasteiger partial charge on any atom is 0.336 e. The highest BCUT2D eigenvalue weighted by Gasteiger charge is 2.26. The van der Waals surface area contributed by atoms with Crippen molar-refractivity contribution >= 4 is 21.7 Å². The highest BCUT2D eigenvalue weighted by atomic mass is 32.2. The predicted octanol–water partition coefficient (Wildman–Crippen LogP) is 5.63. The summed E-state index contributed by atoms with van der Waals surface area (Å²) in [6, 6.07) is 15.3. The summed E-state index contributed by atoms with van der Waals surface area (Å²) in [6.07, 6.45) is 0. The Morgan fingerprint density at radius 3 is 2.06 bits per heavy atom. The summed E-state index contributed by atoms with van der Waals surface area (Å²) in [6.45, 7) is 9.34. The number of anilines is 1. The fraction of sp³-hybridized carbons (Fsp3) is 0.240. The molecule has 0 saturated heterocycles. The SMILES string of the molecule is CCN(c1ccc(Oc2ccc(C)c(C)c2)cc1)S(=O)(=O)c1cc(C)c(C)c(C(=O)O)c1. The number of sulfonamides is 1. The van der Waals surface area contributed by atoms with E-state index in [0.29, 0.717) is 28.3 Å². The summed E-state index contributed by atoms with van der Waals surface area (Å²) >= 11 is 0. The normalized spacial score (nSPS) is 11.3. The first-order valence-corrected chi connectivity index (χ1v) is 11.7. The van der Waals surface area contributed by atoms with Gasteiger partial charge >= 0.3 is 5.97 Å². The monoisotopic (exact) mass is 453 g/mol. The smallest absolute Gasteiger partial charge is 0.336 e. The van der Waals surface area contributed by atoms with Gasteiger partial charge in [-0.1, -0.05) is 6.07 Å². The molecule has 0 heterocycles. The minimum Gasteiger partial charge on any atom is -0.478 e. The maximum absolute atomic E-state index is 13.3. The summed E-state index contributed by atoms with van der Waals surface area (Å²) in [4.78, 5) is 11.5. The summed E-state index contributed by atoms with van der Waals surface area (Å²) in [5.41, 5.74) is 3.90. The van der Waals surface area contributed by atoms with Gasteiger partial charge in [0.1, 0.15) is 11.5 Å². The van der Waals surface area contributed by atoms with Crippen LogP contribution in [0, 0.1) is 27.7 Å². The van der Waals surface area contributed by atoms with Gasteiger partial charge in [0.15, 0.2) is 0 Å². The van der Waals surface area contributed by atoms with Crippen LogP contribution in [0.4, 0.5) is 5.69 Å². The fourth-order valence-electron chi connectivity index (χ4n) is 3.41. The zero-order valence-corrected chi connectivity index (χ0v) is 19.7. The van der Waals surface area contributed by atoms with Gasteiger partial charge in [0.05, 0.1) is 16.1 Å². The lowest BCUT2D eigenvalue weighted by Crippen LogP contribution is -2.31. The lowest BCUT2D eigenvalue weighted by atomic mass is 10.0. The van der Waals surface area contributed by atoms with Crippen molar-refractivity contribution in [3.05, 3.63) is 82.4 Å². The number of carboxylic acid groups (broad SMARTS) is 1. The molecule has 0 saturated carbocycles. The Labute approximate surface area is 189 Å². The molecule has 0 atom stereocenters. The van der Waals surface area contributed by atoms with E-state index in [9.17, 15) is 18.3 Å². The first kappa shape index (κ1) is 23.3. The van der Waals surface area contributed by atoms with Crippen LogP contribution in [0.2, 0.25) is 0 Å². The molecule has 3 rings (SSSR count). The second kappa shape index (κ2) is 9.04. The molecule has 7 heteroatoms. The minimum atomic E-state index is -3.95.